The highest BCUT2D eigenvalue weighted by atomic mass is 16.6. The number of amides is 1. The van der Waals surface area contributed by atoms with Crippen molar-refractivity contribution in [2.45, 2.75) is 58.1 Å². The molecular formula is C13H23NO4. The van der Waals surface area contributed by atoms with E-state index in [1.807, 2.05) is 20.8 Å². The summed E-state index contributed by atoms with van der Waals surface area (Å²) in [5.41, 5.74) is -0.499. The molecule has 2 atom stereocenters. The highest BCUT2D eigenvalue weighted by Gasteiger charge is 2.31. The second kappa shape index (κ2) is 6.07. The topological polar surface area (TPSA) is 64.6 Å². The van der Waals surface area contributed by atoms with Crippen LogP contribution in [0.15, 0.2) is 0 Å². The maximum Gasteiger partial charge on any atom is 0.407 e. The van der Waals surface area contributed by atoms with Crippen LogP contribution in [0.5, 0.6) is 0 Å². The van der Waals surface area contributed by atoms with Crippen molar-refractivity contribution in [1.82, 2.24) is 5.32 Å². The fraction of sp³-hybridized carbons (Fsp3) is 0.846. The van der Waals surface area contributed by atoms with Gasteiger partial charge in [-0.1, -0.05) is 6.42 Å². The molecule has 0 aromatic heterocycles. The van der Waals surface area contributed by atoms with E-state index in [2.05, 4.69) is 10.1 Å². The van der Waals surface area contributed by atoms with Crippen molar-refractivity contribution in [3.05, 3.63) is 0 Å². The van der Waals surface area contributed by atoms with Crippen molar-refractivity contribution in [3.8, 4) is 0 Å². The van der Waals surface area contributed by atoms with E-state index in [1.54, 1.807) is 0 Å². The summed E-state index contributed by atoms with van der Waals surface area (Å²) in [6, 6.07) is 0.0129. The monoisotopic (exact) mass is 257 g/mol. The average molecular weight is 257 g/mol. The van der Waals surface area contributed by atoms with E-state index in [1.165, 1.54) is 7.11 Å². The Morgan fingerprint density at radius 1 is 1.28 bits per heavy atom. The Labute approximate surface area is 108 Å². The number of nitrogens with one attached hydrogen (secondary N) is 1. The van der Waals surface area contributed by atoms with Gasteiger partial charge in [0.2, 0.25) is 0 Å². The highest BCUT2D eigenvalue weighted by molar-refractivity contribution is 5.70. The average Bonchev–Trinajstić information content (AvgIpc) is 2.62. The van der Waals surface area contributed by atoms with Crippen LogP contribution in [0.2, 0.25) is 0 Å². The number of esters is 1. The molecule has 0 aromatic carbocycles. The van der Waals surface area contributed by atoms with Crippen LogP contribution in [0.3, 0.4) is 0 Å². The van der Waals surface area contributed by atoms with Crippen LogP contribution in [0.25, 0.3) is 0 Å². The molecule has 18 heavy (non-hydrogen) atoms. The molecule has 104 valence electrons. The first-order valence-corrected chi connectivity index (χ1v) is 6.38. The van der Waals surface area contributed by atoms with Crippen molar-refractivity contribution in [2.75, 3.05) is 7.11 Å². The number of hydrogen-bond acceptors (Lipinski definition) is 4. The molecule has 1 rings (SSSR count). The molecule has 1 N–H and O–H groups in total. The van der Waals surface area contributed by atoms with E-state index in [0.29, 0.717) is 6.42 Å². The maximum atomic E-state index is 11.7. The number of hydrogen-bond donors (Lipinski definition) is 1. The van der Waals surface area contributed by atoms with Crippen LogP contribution in [0, 0.1) is 5.92 Å². The zero-order chi connectivity index (χ0) is 13.8. The lowest BCUT2D eigenvalue weighted by Gasteiger charge is -2.24. The van der Waals surface area contributed by atoms with Gasteiger partial charge in [0, 0.05) is 6.04 Å². The number of alkyl carbamates (subject to hydrolysis) is 1. The molecule has 0 saturated heterocycles. The van der Waals surface area contributed by atoms with Crippen LogP contribution >= 0.6 is 0 Å². The van der Waals surface area contributed by atoms with E-state index in [0.717, 1.165) is 19.3 Å². The Morgan fingerprint density at radius 3 is 2.50 bits per heavy atom. The van der Waals surface area contributed by atoms with E-state index < -0.39 is 11.7 Å². The van der Waals surface area contributed by atoms with Gasteiger partial charge < -0.3 is 14.8 Å². The minimum atomic E-state index is -0.499. The van der Waals surface area contributed by atoms with Crippen molar-refractivity contribution < 1.29 is 19.1 Å². The molecule has 1 fully saturated rings. The van der Waals surface area contributed by atoms with Gasteiger partial charge in [0.25, 0.3) is 0 Å². The largest absolute Gasteiger partial charge is 0.469 e. The van der Waals surface area contributed by atoms with Gasteiger partial charge >= 0.3 is 12.1 Å². The molecule has 0 heterocycles. The molecule has 1 aliphatic rings. The molecule has 0 radical (unpaired) electrons. The minimum Gasteiger partial charge on any atom is -0.469 e. The molecule has 1 amide bonds. The van der Waals surface area contributed by atoms with E-state index in [-0.39, 0.29) is 17.9 Å². The normalized spacial score (nSPS) is 23.6. The molecule has 0 bridgehead atoms. The summed E-state index contributed by atoms with van der Waals surface area (Å²) in [7, 11) is 1.38. The van der Waals surface area contributed by atoms with E-state index in [4.69, 9.17) is 4.74 Å². The summed E-state index contributed by atoms with van der Waals surface area (Å²) in [6.07, 6.45) is 2.79. The number of carbonyl (C=O) groups excluding carboxylic acids is 2. The smallest absolute Gasteiger partial charge is 0.407 e. The predicted octanol–water partition coefficient (Wildman–Crippen LogP) is 2.24. The third-order valence-electron chi connectivity index (χ3n) is 3.02. The first kappa shape index (κ1) is 14.8. The zero-order valence-electron chi connectivity index (χ0n) is 11.6. The number of rotatable bonds is 3. The Kier molecular flexibility index (Phi) is 4.99. The van der Waals surface area contributed by atoms with Gasteiger partial charge in [0.1, 0.15) is 5.60 Å². The van der Waals surface area contributed by atoms with Crippen molar-refractivity contribution in [3.63, 3.8) is 0 Å². The highest BCUT2D eigenvalue weighted by Crippen LogP contribution is 2.29. The molecule has 0 aliphatic heterocycles. The lowest BCUT2D eigenvalue weighted by atomic mass is 10.00. The quantitative estimate of drug-likeness (QED) is 0.787. The van der Waals surface area contributed by atoms with Gasteiger partial charge in [-0.2, -0.15) is 0 Å². The number of carbonyl (C=O) groups is 2. The van der Waals surface area contributed by atoms with Gasteiger partial charge in [-0.3, -0.25) is 4.79 Å². The molecule has 1 aliphatic carbocycles. The van der Waals surface area contributed by atoms with Gasteiger partial charge in [0.05, 0.1) is 13.5 Å². The molecule has 5 heteroatoms. The Bertz CT molecular complexity index is 309. The fourth-order valence-electron chi connectivity index (χ4n) is 2.23. The number of methoxy groups -OCH3 is 1. The Morgan fingerprint density at radius 2 is 1.94 bits per heavy atom. The summed E-state index contributed by atoms with van der Waals surface area (Å²) in [5, 5.41) is 2.85. The number of ether oxygens (including phenoxy) is 2. The molecule has 0 aromatic rings. The summed E-state index contributed by atoms with van der Waals surface area (Å²) in [4.78, 5) is 22.9. The first-order valence-electron chi connectivity index (χ1n) is 6.38. The summed E-state index contributed by atoms with van der Waals surface area (Å²) < 4.78 is 9.88. The Balaban J connectivity index is 2.45. The zero-order valence-corrected chi connectivity index (χ0v) is 11.6. The van der Waals surface area contributed by atoms with E-state index in [9.17, 15) is 9.59 Å². The molecule has 0 unspecified atom stereocenters. The van der Waals surface area contributed by atoms with Gasteiger partial charge in [0.15, 0.2) is 0 Å². The summed E-state index contributed by atoms with van der Waals surface area (Å²) in [6.45, 7) is 5.48. The molecule has 0 spiro atoms. The van der Waals surface area contributed by atoms with Crippen molar-refractivity contribution >= 4 is 12.1 Å². The molecular weight excluding hydrogens is 234 g/mol. The van der Waals surface area contributed by atoms with E-state index >= 15 is 0 Å². The lowest BCUT2D eigenvalue weighted by Crippen LogP contribution is -2.41. The third-order valence-corrected chi connectivity index (χ3v) is 3.02. The van der Waals surface area contributed by atoms with Crippen molar-refractivity contribution in [2.24, 2.45) is 5.92 Å². The van der Waals surface area contributed by atoms with Crippen LogP contribution < -0.4 is 5.32 Å². The van der Waals surface area contributed by atoms with Crippen LogP contribution in [0.1, 0.15) is 46.5 Å². The van der Waals surface area contributed by atoms with Crippen molar-refractivity contribution in [1.29, 1.82) is 0 Å². The first-order chi connectivity index (χ1) is 8.31. The standard InChI is InChI=1S/C13H23NO4/c1-13(2,3)18-12(16)14-10-7-5-6-9(10)8-11(15)17-4/h9-10H,5-8H2,1-4H3,(H,14,16)/t9-,10+/m0/s1. The SMILES string of the molecule is COC(=O)C[C@@H]1CCC[C@H]1NC(=O)OC(C)(C)C. The fourth-order valence-corrected chi connectivity index (χ4v) is 2.23. The van der Waals surface area contributed by atoms with Gasteiger partial charge in [-0.15, -0.1) is 0 Å². The van der Waals surface area contributed by atoms with Crippen LogP contribution in [0.4, 0.5) is 4.79 Å². The van der Waals surface area contributed by atoms with Gasteiger partial charge in [-0.25, -0.2) is 4.79 Å². The Hall–Kier alpha value is -1.26. The van der Waals surface area contributed by atoms with Crippen LogP contribution in [-0.4, -0.2) is 30.8 Å². The second-order valence-electron chi connectivity index (χ2n) is 5.72. The summed E-state index contributed by atoms with van der Waals surface area (Å²) in [5.74, 6) is -0.0668. The maximum absolute atomic E-state index is 11.7. The second-order valence-corrected chi connectivity index (χ2v) is 5.72. The van der Waals surface area contributed by atoms with Crippen LogP contribution in [-0.2, 0) is 14.3 Å². The predicted molar refractivity (Wildman–Crippen MR) is 67.1 cm³/mol. The minimum absolute atomic E-state index is 0.0129. The summed E-state index contributed by atoms with van der Waals surface area (Å²) >= 11 is 0. The molecule has 1 saturated carbocycles. The van der Waals surface area contributed by atoms with Gasteiger partial charge in [-0.05, 0) is 39.5 Å². The lowest BCUT2D eigenvalue weighted by molar-refractivity contribution is -0.141. The third kappa shape index (κ3) is 4.94. The molecule has 5 nitrogen and oxygen atoms in total.